The maximum Gasteiger partial charge on any atom is 0.249 e. The highest BCUT2D eigenvalue weighted by molar-refractivity contribution is 5.06. The molecule has 2 aliphatic rings. The van der Waals surface area contributed by atoms with Gasteiger partial charge in [0, 0.05) is 13.0 Å². The lowest BCUT2D eigenvalue weighted by Gasteiger charge is -2.55. The number of hydrogen-bond acceptors (Lipinski definition) is 12. The molecular formula is C20H36N4O8. The highest BCUT2D eigenvalue weighted by atomic mass is 16.8. The maximum absolute atomic E-state index is 11.3. The first-order valence-corrected chi connectivity index (χ1v) is 10.7. The minimum absolute atomic E-state index is 0.0140. The average molecular weight is 461 g/mol. The van der Waals surface area contributed by atoms with Gasteiger partial charge in [0.1, 0.15) is 29.7 Å². The van der Waals surface area contributed by atoms with Crippen molar-refractivity contribution in [1.29, 1.82) is 0 Å². The summed E-state index contributed by atoms with van der Waals surface area (Å²) in [6.45, 7) is 1.83. The number of likely N-dealkylation sites (N-methyl/N-ethyl adjacent to an activating group) is 2. The number of ether oxygens (including phenoxy) is 3. The monoisotopic (exact) mass is 460 g/mol. The van der Waals surface area contributed by atoms with Gasteiger partial charge in [0.25, 0.3) is 0 Å². The zero-order chi connectivity index (χ0) is 23.5. The van der Waals surface area contributed by atoms with Gasteiger partial charge in [-0.25, -0.2) is 0 Å². The van der Waals surface area contributed by atoms with Crippen LogP contribution in [-0.4, -0.2) is 102 Å². The SMILES string of the molecule is CN[C@H]([C@H](O)[C@@H](N)NC)[C@H](O)C1CO[C@]2(O)[C@H](O1)O[C@H](C)C[C@@]2(O)CNCc1ccco1. The summed E-state index contributed by atoms with van der Waals surface area (Å²) in [7, 11) is 3.16. The van der Waals surface area contributed by atoms with Crippen LogP contribution < -0.4 is 21.7 Å². The van der Waals surface area contributed by atoms with Crippen molar-refractivity contribution in [3.8, 4) is 0 Å². The predicted molar refractivity (Wildman–Crippen MR) is 112 cm³/mol. The van der Waals surface area contributed by atoms with E-state index in [1.165, 1.54) is 0 Å². The van der Waals surface area contributed by atoms with Gasteiger partial charge in [-0.05, 0) is 33.2 Å². The molecule has 1 aromatic heterocycles. The lowest BCUT2D eigenvalue weighted by atomic mass is 9.83. The maximum atomic E-state index is 11.3. The molecular weight excluding hydrogens is 424 g/mol. The number of aliphatic hydroxyl groups excluding tert-OH is 2. The van der Waals surface area contributed by atoms with Crippen LogP contribution in [0, 0.1) is 0 Å². The number of rotatable bonds is 10. The van der Waals surface area contributed by atoms with E-state index in [4.69, 9.17) is 24.4 Å². The molecule has 12 nitrogen and oxygen atoms in total. The summed E-state index contributed by atoms with van der Waals surface area (Å²) >= 11 is 0. The van der Waals surface area contributed by atoms with Crippen LogP contribution in [0.25, 0.3) is 0 Å². The molecule has 0 aliphatic carbocycles. The topological polar surface area (TPSA) is 184 Å². The molecule has 1 aromatic rings. The summed E-state index contributed by atoms with van der Waals surface area (Å²) in [5, 5.41) is 52.5. The van der Waals surface area contributed by atoms with E-state index in [2.05, 4.69) is 16.0 Å². The third kappa shape index (κ3) is 5.00. The summed E-state index contributed by atoms with van der Waals surface area (Å²) in [5.41, 5.74) is 4.10. The van der Waals surface area contributed by atoms with Crippen molar-refractivity contribution in [3.05, 3.63) is 24.2 Å². The van der Waals surface area contributed by atoms with Crippen LogP contribution in [0.5, 0.6) is 0 Å². The van der Waals surface area contributed by atoms with E-state index in [0.717, 1.165) is 0 Å². The Kier molecular flexibility index (Phi) is 8.28. The molecule has 0 aromatic carbocycles. The van der Waals surface area contributed by atoms with E-state index >= 15 is 0 Å². The highest BCUT2D eigenvalue weighted by Crippen LogP contribution is 2.42. The zero-order valence-electron chi connectivity index (χ0n) is 18.6. The van der Waals surface area contributed by atoms with Gasteiger partial charge in [0.15, 0.2) is 0 Å². The molecule has 9 N–H and O–H groups in total. The van der Waals surface area contributed by atoms with Crippen molar-refractivity contribution < 1.29 is 39.1 Å². The Morgan fingerprint density at radius 3 is 2.59 bits per heavy atom. The normalized spacial score (nSPS) is 36.8. The molecule has 2 saturated heterocycles. The first-order valence-electron chi connectivity index (χ1n) is 10.7. The lowest BCUT2D eigenvalue weighted by Crippen LogP contribution is -2.75. The van der Waals surface area contributed by atoms with Gasteiger partial charge in [-0.3, -0.25) is 0 Å². The molecule has 0 bridgehead atoms. The van der Waals surface area contributed by atoms with E-state index in [9.17, 15) is 20.4 Å². The summed E-state index contributed by atoms with van der Waals surface area (Å²) in [6.07, 6.45) is -4.31. The highest BCUT2D eigenvalue weighted by Gasteiger charge is 2.64. The molecule has 184 valence electrons. The summed E-state index contributed by atoms with van der Waals surface area (Å²) in [6, 6.07) is 2.70. The molecule has 9 atom stereocenters. The Morgan fingerprint density at radius 2 is 1.97 bits per heavy atom. The molecule has 2 aliphatic heterocycles. The second kappa shape index (κ2) is 10.4. The molecule has 3 heterocycles. The molecule has 0 spiro atoms. The van der Waals surface area contributed by atoms with Crippen molar-refractivity contribution in [3.63, 3.8) is 0 Å². The Hall–Kier alpha value is -1.16. The first-order chi connectivity index (χ1) is 15.1. The van der Waals surface area contributed by atoms with Gasteiger partial charge in [-0.15, -0.1) is 0 Å². The minimum atomic E-state index is -2.17. The molecule has 32 heavy (non-hydrogen) atoms. The van der Waals surface area contributed by atoms with Crippen LogP contribution in [0.1, 0.15) is 19.1 Å². The Labute approximate surface area is 187 Å². The standard InChI is InChI=1S/C20H36N4O8/c1-11-7-19(27,10-24-8-12-5-4-6-29-12)20(28)18(31-11)32-13(9-30-20)15(25)14(22-2)16(26)17(21)23-3/h4-6,11,13-18,22-28H,7-10,21H2,1-3H3/t11-,13?,14+,15-,16+,17+,18+,19-,20-/m1/s1. The van der Waals surface area contributed by atoms with Crippen LogP contribution in [-0.2, 0) is 20.8 Å². The van der Waals surface area contributed by atoms with Gasteiger partial charge in [-0.1, -0.05) is 0 Å². The largest absolute Gasteiger partial charge is 0.468 e. The fraction of sp³-hybridized carbons (Fsp3) is 0.800. The van der Waals surface area contributed by atoms with Gasteiger partial charge in [0.05, 0.1) is 37.7 Å². The summed E-state index contributed by atoms with van der Waals surface area (Å²) in [5.74, 6) is -1.49. The van der Waals surface area contributed by atoms with E-state index in [1.807, 2.05) is 0 Å². The molecule has 1 unspecified atom stereocenters. The fourth-order valence-electron chi connectivity index (χ4n) is 4.28. The number of nitrogens with one attached hydrogen (secondary N) is 3. The quantitative estimate of drug-likeness (QED) is 0.168. The van der Waals surface area contributed by atoms with Gasteiger partial charge in [-0.2, -0.15) is 0 Å². The molecule has 0 radical (unpaired) electrons. The minimum Gasteiger partial charge on any atom is -0.468 e. The van der Waals surface area contributed by atoms with Gasteiger partial charge < -0.3 is 60.7 Å². The van der Waals surface area contributed by atoms with Crippen molar-refractivity contribution in [2.75, 3.05) is 27.2 Å². The average Bonchev–Trinajstić information content (AvgIpc) is 3.27. The third-order valence-corrected chi connectivity index (χ3v) is 6.18. The van der Waals surface area contributed by atoms with Gasteiger partial charge in [0.2, 0.25) is 12.1 Å². The van der Waals surface area contributed by atoms with Crippen LogP contribution in [0.4, 0.5) is 0 Å². The number of nitrogens with two attached hydrogens (primary N) is 1. The zero-order valence-corrected chi connectivity index (χ0v) is 18.6. The predicted octanol–water partition coefficient (Wildman–Crippen LogP) is -2.85. The summed E-state index contributed by atoms with van der Waals surface area (Å²) in [4.78, 5) is 0. The number of furan rings is 1. The van der Waals surface area contributed by atoms with E-state index in [-0.39, 0.29) is 19.6 Å². The molecule has 2 fully saturated rings. The Balaban J connectivity index is 1.69. The van der Waals surface area contributed by atoms with Crippen molar-refractivity contribution in [2.24, 2.45) is 5.73 Å². The Morgan fingerprint density at radius 1 is 1.22 bits per heavy atom. The molecule has 12 heteroatoms. The van der Waals surface area contributed by atoms with Crippen molar-refractivity contribution in [2.45, 2.75) is 74.2 Å². The molecule has 3 rings (SSSR count). The first kappa shape index (κ1) is 25.5. The second-order valence-corrected chi connectivity index (χ2v) is 8.49. The van der Waals surface area contributed by atoms with Gasteiger partial charge >= 0.3 is 0 Å². The number of aliphatic hydroxyl groups is 4. The van der Waals surface area contributed by atoms with Crippen LogP contribution in [0.2, 0.25) is 0 Å². The van der Waals surface area contributed by atoms with Crippen molar-refractivity contribution >= 4 is 0 Å². The van der Waals surface area contributed by atoms with Crippen LogP contribution in [0.15, 0.2) is 22.8 Å². The number of fused-ring (bicyclic) bond motifs is 1. The number of hydrogen-bond donors (Lipinski definition) is 8. The Bertz CT molecular complexity index is 712. The second-order valence-electron chi connectivity index (χ2n) is 8.49. The van der Waals surface area contributed by atoms with E-state index < -0.39 is 54.3 Å². The third-order valence-electron chi connectivity index (χ3n) is 6.18. The lowest BCUT2D eigenvalue weighted by molar-refractivity contribution is -0.461. The van der Waals surface area contributed by atoms with Crippen LogP contribution >= 0.6 is 0 Å². The van der Waals surface area contributed by atoms with Crippen LogP contribution in [0.3, 0.4) is 0 Å². The molecule has 0 saturated carbocycles. The van der Waals surface area contributed by atoms with Crippen molar-refractivity contribution in [1.82, 2.24) is 16.0 Å². The summed E-state index contributed by atoms with van der Waals surface area (Å²) < 4.78 is 22.5. The van der Waals surface area contributed by atoms with E-state index in [1.54, 1.807) is 39.4 Å². The van der Waals surface area contributed by atoms with E-state index in [0.29, 0.717) is 12.3 Å². The molecule has 0 amide bonds. The fourth-order valence-corrected chi connectivity index (χ4v) is 4.28. The smallest absolute Gasteiger partial charge is 0.249 e.